The fraction of sp³-hybridized carbons (Fsp3) is 0.628. The van der Waals surface area contributed by atoms with Crippen molar-refractivity contribution < 1.29 is 127 Å². The Bertz CT molecular complexity index is 4420. The van der Waals surface area contributed by atoms with Gasteiger partial charge < -0.3 is 132 Å². The number of hydrogen-bond donors (Lipinski definition) is 24. The molecule has 0 unspecified atom stereocenters. The van der Waals surface area contributed by atoms with Gasteiger partial charge in [0, 0.05) is 78.2 Å². The van der Waals surface area contributed by atoms with Crippen molar-refractivity contribution in [2.24, 2.45) is 40.2 Å². The molecule has 1 saturated carbocycles. The van der Waals surface area contributed by atoms with E-state index in [9.17, 15) is 108 Å². The number of carbonyl (C=O) groups is 18. The largest absolute Gasteiger partial charge is 0.508 e. The van der Waals surface area contributed by atoms with Gasteiger partial charge in [-0.15, -0.1) is 0 Å². The second-order valence-electron chi connectivity index (χ2n) is 35.3. The van der Waals surface area contributed by atoms with Crippen LogP contribution in [0.1, 0.15) is 160 Å². The third-order valence-corrected chi connectivity index (χ3v) is 23.7. The Morgan fingerprint density at radius 3 is 1.37 bits per heavy atom. The molecule has 3 heterocycles. The number of carboxylic acids is 6. The molecule has 0 spiro atoms. The summed E-state index contributed by atoms with van der Waals surface area (Å²) >= 11 is 0. The molecule has 12 amide bonds. The topological polar surface area (TPSA) is 761 Å². The van der Waals surface area contributed by atoms with Crippen molar-refractivity contribution in [1.29, 1.82) is 10.8 Å². The van der Waals surface area contributed by atoms with Crippen molar-refractivity contribution in [2.45, 2.75) is 228 Å². The number of nitrogens with zero attached hydrogens (tertiary/aromatic N) is 6. The van der Waals surface area contributed by atoms with Crippen molar-refractivity contribution in [1.82, 2.24) is 82.6 Å². The van der Waals surface area contributed by atoms with Crippen molar-refractivity contribution in [3.63, 3.8) is 0 Å². The third-order valence-electron chi connectivity index (χ3n) is 23.7. The molecule has 742 valence electrons. The predicted molar refractivity (Wildman–Crippen MR) is 478 cm³/mol. The van der Waals surface area contributed by atoms with Gasteiger partial charge in [-0.1, -0.05) is 77.1 Å². The van der Waals surface area contributed by atoms with Gasteiger partial charge in [-0.2, -0.15) is 0 Å². The lowest BCUT2D eigenvalue weighted by atomic mass is 9.83. The molecule has 28 N–H and O–H groups in total. The smallest absolute Gasteiger partial charge is 0.326 e. The normalized spacial score (nSPS) is 17.3. The summed E-state index contributed by atoms with van der Waals surface area (Å²) in [5.74, 6) is -22.0. The Hall–Kier alpha value is -13.1. The molecule has 0 bridgehead atoms. The van der Waals surface area contributed by atoms with E-state index >= 15 is 19.2 Å². The second kappa shape index (κ2) is 54.2. The third kappa shape index (κ3) is 37.5. The van der Waals surface area contributed by atoms with Crippen molar-refractivity contribution >= 4 is 119 Å². The van der Waals surface area contributed by atoms with Gasteiger partial charge in [0.15, 0.2) is 11.9 Å². The number of phenols is 2. The van der Waals surface area contributed by atoms with Gasteiger partial charge in [-0.3, -0.25) is 107 Å². The van der Waals surface area contributed by atoms with Crippen LogP contribution in [0, 0.1) is 28.1 Å². The summed E-state index contributed by atoms with van der Waals surface area (Å²) in [6.45, 7) is 0.136. The number of benzene rings is 2. The fourth-order valence-electron chi connectivity index (χ4n) is 16.7. The molecule has 3 aliphatic heterocycles. The number of rotatable bonds is 56. The first-order valence-corrected chi connectivity index (χ1v) is 44.8. The zero-order valence-corrected chi connectivity index (χ0v) is 75.7. The molecule has 4 fully saturated rings. The number of hydrogen-bond acceptors (Lipinski definition) is 26. The lowest BCUT2D eigenvalue weighted by Crippen LogP contribution is -2.62. The molecule has 4 aliphatic rings. The highest BCUT2D eigenvalue weighted by Crippen LogP contribution is 2.30. The molecule has 48 nitrogen and oxygen atoms in total. The minimum Gasteiger partial charge on any atom is -0.508 e. The molecule has 2 aromatic rings. The van der Waals surface area contributed by atoms with Gasteiger partial charge in [0.25, 0.3) is 0 Å². The Kier molecular flexibility index (Phi) is 44.3. The van der Waals surface area contributed by atoms with Crippen LogP contribution >= 0.6 is 0 Å². The van der Waals surface area contributed by atoms with Crippen LogP contribution in [0.15, 0.2) is 48.5 Å². The van der Waals surface area contributed by atoms with Gasteiger partial charge >= 0.3 is 35.8 Å². The summed E-state index contributed by atoms with van der Waals surface area (Å²) < 4.78 is 0. The van der Waals surface area contributed by atoms with Crippen LogP contribution in [-0.2, 0) is 99.1 Å². The van der Waals surface area contributed by atoms with E-state index in [1.54, 1.807) is 20.8 Å². The molecular weight excluding hydrogens is 1760 g/mol. The number of amides is 12. The number of nitrogens with one attached hydrogen (secondary N) is 12. The number of primary amides is 1. The quantitative estimate of drug-likeness (QED) is 0.0168. The Morgan fingerprint density at radius 2 is 0.888 bits per heavy atom. The Labute approximate surface area is 774 Å². The summed E-state index contributed by atoms with van der Waals surface area (Å²) in [4.78, 5) is 255. The first-order valence-electron chi connectivity index (χ1n) is 44.8. The van der Waals surface area contributed by atoms with E-state index in [0.29, 0.717) is 5.56 Å². The molecular formula is C86H132N22O26. The summed E-state index contributed by atoms with van der Waals surface area (Å²) in [5.41, 5.74) is 22.8. The number of phenolic OH excluding ortho intramolecular Hbond substituents is 2. The number of piperidine rings is 1. The molecule has 0 aromatic heterocycles. The van der Waals surface area contributed by atoms with Crippen LogP contribution < -0.4 is 76.1 Å². The molecule has 48 heteroatoms. The van der Waals surface area contributed by atoms with Crippen LogP contribution in [0.3, 0.4) is 0 Å². The predicted octanol–water partition coefficient (Wildman–Crippen LogP) is -4.69. The number of carboxylic acid groups (broad SMARTS) is 6. The minimum absolute atomic E-state index is 0.00507. The first-order chi connectivity index (χ1) is 63.3. The van der Waals surface area contributed by atoms with E-state index in [1.807, 2.05) is 0 Å². The number of unbranched alkanes of at least 4 members (excludes halogenated alkanes) is 1. The average Bonchev–Trinajstić information content (AvgIpc) is 1.65. The number of carbonyl (C=O) groups excluding carboxylic acids is 12. The van der Waals surface area contributed by atoms with Crippen LogP contribution in [0.5, 0.6) is 11.5 Å². The maximum atomic E-state index is 15.4. The molecule has 2 aromatic carbocycles. The number of guanidine groups is 2. The maximum Gasteiger partial charge on any atom is 0.326 e. The minimum atomic E-state index is -2.01. The highest BCUT2D eigenvalue weighted by atomic mass is 16.4. The van der Waals surface area contributed by atoms with E-state index in [2.05, 4.69) is 53.2 Å². The van der Waals surface area contributed by atoms with Gasteiger partial charge in [-0.05, 0) is 143 Å². The summed E-state index contributed by atoms with van der Waals surface area (Å²) in [6, 6.07) is -6.14. The maximum absolute atomic E-state index is 15.4. The molecule has 0 radical (unpaired) electrons. The molecule has 3 saturated heterocycles. The van der Waals surface area contributed by atoms with Crippen LogP contribution in [0.25, 0.3) is 0 Å². The second-order valence-corrected chi connectivity index (χ2v) is 35.3. The van der Waals surface area contributed by atoms with E-state index in [0.717, 1.165) is 46.8 Å². The lowest BCUT2D eigenvalue weighted by molar-refractivity contribution is -0.144. The zero-order valence-electron chi connectivity index (χ0n) is 75.7. The van der Waals surface area contributed by atoms with E-state index in [1.165, 1.54) is 63.2 Å². The standard InChI is InChI=1S/C86H132N22O26/c1-86(2,3)72(80(130)100-61(83(133)134)42-49-12-5-4-6-13-49)102-76(126)59(41-51-20-24-54(110)25-21-51)99-77(127)62-16-10-32-107(62)82(132)57(15-9-31-93-84(89)90)97-79(129)71(52-28-34-106(35-29-52)85(91)92)101-78(128)63-17-11-33-108(63)81(131)56(14-7-8-30-87)96-75(125)60(43-64(88)111)98-73(123)55(26-27-66(113)114)95-74(124)58(40-50-18-22-53(109)23-19-50)94-65(112)44-104(46-68(117)118)38-36-103(45-67(115)116)37-39-105(47-69(119)120)48-70(121)122/h18-25,49,52,55-63,71-72,109-110H,4-17,26-48,87H2,1-3H3,(H2,88,111)(H3,91,92)(H,94,112)(H,95,124)(H,96,125)(H,97,129)(H,98,123)(H,99,127)(H,100,130)(H,101,128)(H,102,126)(H,113,114)(H,115,116)(H,117,118)(H,119,120)(H,121,122)(H,133,134)(H4,89,90,93)/t55-,56-,57-,58+,59-,60-,61-,62-,63-,71-,72+/m0/s1. The van der Waals surface area contributed by atoms with Crippen LogP contribution in [0.4, 0.5) is 0 Å². The lowest BCUT2D eigenvalue weighted by Gasteiger charge is -2.37. The summed E-state index contributed by atoms with van der Waals surface area (Å²) in [5, 5.41) is 121. The SMILES string of the molecule is CC(C)(C)[C@H](NC(=O)[C@H](Cc1ccc(O)cc1)NC(=O)[C@@H]1CCCN1C(=O)[C@H](CCCNC(=N)N)NC(=O)[C@@H](NC(=O)[C@@H]1CCCN1C(=O)[C@H](CCCCN)NC(=O)[C@H](CC(N)=O)NC(=O)[C@H](CCC(=O)O)NC(=O)[C@@H](Cc1ccc(O)cc1)NC(=O)CN(CCN(CCN(CC(=O)O)CC(=O)O)CC(=O)O)CC(=O)O)C1CCN(C(=N)N)CC1)C(=O)N[C@@H](CC1CCCCC1)C(=O)O. The number of aliphatic carboxylic acids is 6. The van der Waals surface area contributed by atoms with E-state index in [-0.39, 0.29) is 178 Å². The fourth-order valence-corrected chi connectivity index (χ4v) is 16.7. The van der Waals surface area contributed by atoms with E-state index < -0.39 is 249 Å². The number of likely N-dealkylation sites (tertiary alicyclic amines) is 3. The number of aromatic hydroxyl groups is 2. The molecule has 6 rings (SSSR count). The van der Waals surface area contributed by atoms with Crippen molar-refractivity contribution in [3.8, 4) is 11.5 Å². The van der Waals surface area contributed by atoms with Gasteiger partial charge in [0.05, 0.1) is 39.1 Å². The van der Waals surface area contributed by atoms with Crippen molar-refractivity contribution in [2.75, 3.05) is 98.2 Å². The van der Waals surface area contributed by atoms with Gasteiger partial charge in [0.1, 0.15) is 78.0 Å². The van der Waals surface area contributed by atoms with E-state index in [4.69, 9.17) is 33.8 Å². The summed E-state index contributed by atoms with van der Waals surface area (Å²) in [6.07, 6.45) is 2.15. The summed E-state index contributed by atoms with van der Waals surface area (Å²) in [7, 11) is 0. The monoisotopic (exact) mass is 1890 g/mol. The molecule has 134 heavy (non-hydrogen) atoms. The first kappa shape index (κ1) is 110. The Balaban J connectivity index is 1.24. The van der Waals surface area contributed by atoms with Gasteiger partial charge in [-0.25, -0.2) is 4.79 Å². The molecule has 1 aliphatic carbocycles. The van der Waals surface area contributed by atoms with Crippen molar-refractivity contribution in [3.05, 3.63) is 59.7 Å². The highest BCUT2D eigenvalue weighted by Gasteiger charge is 2.46. The van der Waals surface area contributed by atoms with Crippen LogP contribution in [-0.4, -0.2) is 354 Å². The average molecular weight is 1890 g/mol. The highest BCUT2D eigenvalue weighted by molar-refractivity contribution is 6.01. The number of nitrogens with two attached hydrogens (primary N) is 4. The Morgan fingerprint density at radius 1 is 0.448 bits per heavy atom. The molecule has 11 atom stereocenters. The zero-order chi connectivity index (χ0) is 99.2. The van der Waals surface area contributed by atoms with Crippen LogP contribution in [0.2, 0.25) is 0 Å². The van der Waals surface area contributed by atoms with Gasteiger partial charge in [0.2, 0.25) is 70.9 Å².